The average Bonchev–Trinajstić information content (AvgIpc) is 3.66. The van der Waals surface area contributed by atoms with Gasteiger partial charge in [0.15, 0.2) is 0 Å². The molecule has 2 N–H and O–H groups in total. The fraction of sp³-hybridized carbons (Fsp3) is 0.600. The molecule has 3 aliphatic rings. The van der Waals surface area contributed by atoms with E-state index < -0.39 is 47.2 Å². The lowest BCUT2D eigenvalue weighted by Crippen LogP contribution is -2.59. The van der Waals surface area contributed by atoms with Crippen molar-refractivity contribution in [1.82, 2.24) is 15.1 Å². The van der Waals surface area contributed by atoms with Crippen LogP contribution in [0.4, 0.5) is 0 Å². The molecule has 10 nitrogen and oxygen atoms in total. The number of amides is 3. The second-order valence-corrected chi connectivity index (χ2v) is 13.2. The van der Waals surface area contributed by atoms with Gasteiger partial charge >= 0.3 is 5.97 Å². The number of aliphatic hydroxyl groups excluding tert-OH is 1. The largest absolute Gasteiger partial charge is 0.455 e. The number of carbonyl (C=O) groups is 4. The van der Waals surface area contributed by atoms with E-state index in [1.807, 2.05) is 51.1 Å². The fourth-order valence-corrected chi connectivity index (χ4v) is 7.12. The molecule has 1 aromatic carbocycles. The lowest BCUT2D eigenvalue weighted by Gasteiger charge is -2.42. The first-order valence-electron chi connectivity index (χ1n) is 16.1. The highest BCUT2D eigenvalue weighted by Crippen LogP contribution is 2.59. The van der Waals surface area contributed by atoms with Crippen molar-refractivity contribution in [2.24, 2.45) is 11.8 Å². The van der Waals surface area contributed by atoms with Crippen LogP contribution < -0.4 is 5.32 Å². The highest BCUT2D eigenvalue weighted by Gasteiger charge is 2.75. The number of unbranched alkanes of at least 4 members (excludes halogenated alkanes) is 2. The predicted molar refractivity (Wildman–Crippen MR) is 170 cm³/mol. The minimum Gasteiger partial charge on any atom is -0.455 e. The molecule has 0 aliphatic carbocycles. The van der Waals surface area contributed by atoms with E-state index in [4.69, 9.17) is 9.47 Å². The van der Waals surface area contributed by atoms with E-state index >= 15 is 0 Å². The van der Waals surface area contributed by atoms with Crippen LogP contribution in [0.2, 0.25) is 0 Å². The standard InChI is InChI=1S/C35H49N3O7/c1-6-8-17-27(40)36-23-26(24-15-11-9-12-16-24)44-33(43)28-25-18-19-35(45-25)29(28)31(41)37(21-13-10-14-22-39)30(35)32(42)38(20-7-2)34(3,4)5/h6-7,9,11-12,15-16,25-26,28-30,39H,1-2,8,10,13-14,17-23H2,3-5H3,(H,36,40)/t25-,26-,28+,29+,30-,35+/m0/s1. The van der Waals surface area contributed by atoms with Gasteiger partial charge in [-0.3, -0.25) is 19.2 Å². The highest BCUT2D eigenvalue weighted by molar-refractivity contribution is 5.98. The Morgan fingerprint density at radius 1 is 1.18 bits per heavy atom. The van der Waals surface area contributed by atoms with Crippen LogP contribution in [0.25, 0.3) is 0 Å². The summed E-state index contributed by atoms with van der Waals surface area (Å²) in [6.45, 7) is 14.1. The SMILES string of the molecule is C=CCCC(=O)NC[C@H](OC(=O)[C@@H]1[C@@H]2CC[C@]3(O2)[C@H](C(=O)N(CC=C)C(C)(C)C)N(CCCCCO)C(=O)[C@@H]13)c1ccccc1. The van der Waals surface area contributed by atoms with Gasteiger partial charge in [0, 0.05) is 31.7 Å². The Kier molecular flexibility index (Phi) is 11.3. The maximum Gasteiger partial charge on any atom is 0.313 e. The molecule has 4 rings (SSSR count). The molecule has 0 radical (unpaired) electrons. The Bertz CT molecular complexity index is 1250. The van der Waals surface area contributed by atoms with Crippen LogP contribution in [0.15, 0.2) is 55.6 Å². The Labute approximate surface area is 266 Å². The Morgan fingerprint density at radius 2 is 1.91 bits per heavy atom. The molecule has 45 heavy (non-hydrogen) atoms. The van der Waals surface area contributed by atoms with Gasteiger partial charge in [0.05, 0.1) is 24.5 Å². The second-order valence-electron chi connectivity index (χ2n) is 13.2. The van der Waals surface area contributed by atoms with Gasteiger partial charge in [-0.25, -0.2) is 0 Å². The summed E-state index contributed by atoms with van der Waals surface area (Å²) >= 11 is 0. The van der Waals surface area contributed by atoms with Crippen LogP contribution in [-0.4, -0.2) is 88.1 Å². The number of aliphatic hydroxyl groups is 1. The van der Waals surface area contributed by atoms with E-state index in [2.05, 4.69) is 18.5 Å². The molecule has 3 heterocycles. The summed E-state index contributed by atoms with van der Waals surface area (Å²) < 4.78 is 12.7. The summed E-state index contributed by atoms with van der Waals surface area (Å²) in [5.41, 5.74) is -0.972. The number of likely N-dealkylation sites (tertiary alicyclic amines) is 1. The predicted octanol–water partition coefficient (Wildman–Crippen LogP) is 3.70. The molecule has 0 unspecified atom stereocenters. The van der Waals surface area contributed by atoms with Gasteiger partial charge < -0.3 is 29.7 Å². The molecule has 3 aliphatic heterocycles. The number of ether oxygens (including phenoxy) is 2. The molecule has 3 saturated heterocycles. The van der Waals surface area contributed by atoms with Crippen molar-refractivity contribution in [2.45, 2.75) is 95.1 Å². The number of carbonyl (C=O) groups excluding carboxylic acids is 4. The lowest BCUT2D eigenvalue weighted by molar-refractivity contribution is -0.160. The van der Waals surface area contributed by atoms with Gasteiger partial charge in [0.2, 0.25) is 17.7 Å². The fourth-order valence-electron chi connectivity index (χ4n) is 7.12. The number of benzene rings is 1. The van der Waals surface area contributed by atoms with Gasteiger partial charge in [0.25, 0.3) is 0 Å². The van der Waals surface area contributed by atoms with Crippen molar-refractivity contribution in [3.8, 4) is 0 Å². The highest BCUT2D eigenvalue weighted by atomic mass is 16.6. The molecule has 10 heteroatoms. The number of allylic oxidation sites excluding steroid dienone is 1. The lowest BCUT2D eigenvalue weighted by atomic mass is 9.70. The van der Waals surface area contributed by atoms with Crippen LogP contribution in [0.5, 0.6) is 0 Å². The number of rotatable bonds is 16. The van der Waals surface area contributed by atoms with E-state index in [1.165, 1.54) is 0 Å². The normalized spacial score (nSPS) is 25.9. The van der Waals surface area contributed by atoms with E-state index in [9.17, 15) is 24.3 Å². The van der Waals surface area contributed by atoms with E-state index in [0.29, 0.717) is 51.6 Å². The van der Waals surface area contributed by atoms with E-state index in [0.717, 1.165) is 5.56 Å². The topological polar surface area (TPSA) is 125 Å². The Morgan fingerprint density at radius 3 is 2.56 bits per heavy atom. The molecule has 3 fully saturated rings. The van der Waals surface area contributed by atoms with Crippen molar-refractivity contribution in [1.29, 1.82) is 0 Å². The zero-order valence-corrected chi connectivity index (χ0v) is 26.9. The van der Waals surface area contributed by atoms with Crippen LogP contribution in [0, 0.1) is 11.8 Å². The minimum absolute atomic E-state index is 0.0516. The molecule has 1 aromatic rings. The Balaban J connectivity index is 1.63. The quantitative estimate of drug-likeness (QED) is 0.163. The third-order valence-corrected chi connectivity index (χ3v) is 9.24. The number of nitrogens with zero attached hydrogens (tertiary/aromatic N) is 2. The van der Waals surface area contributed by atoms with Crippen molar-refractivity contribution in [3.63, 3.8) is 0 Å². The first-order chi connectivity index (χ1) is 21.5. The zero-order chi connectivity index (χ0) is 32.8. The molecule has 0 saturated carbocycles. The maximum absolute atomic E-state index is 14.4. The van der Waals surface area contributed by atoms with Crippen molar-refractivity contribution in [3.05, 3.63) is 61.2 Å². The smallest absolute Gasteiger partial charge is 0.313 e. The summed E-state index contributed by atoms with van der Waals surface area (Å²) in [5, 5.41) is 12.1. The van der Waals surface area contributed by atoms with Crippen molar-refractivity contribution >= 4 is 23.7 Å². The van der Waals surface area contributed by atoms with Crippen LogP contribution in [0.3, 0.4) is 0 Å². The van der Waals surface area contributed by atoms with Crippen LogP contribution >= 0.6 is 0 Å². The first-order valence-corrected chi connectivity index (χ1v) is 16.1. The third kappa shape index (κ3) is 7.17. The molecule has 3 amide bonds. The van der Waals surface area contributed by atoms with Gasteiger partial charge in [-0.15, -0.1) is 13.2 Å². The monoisotopic (exact) mass is 623 g/mol. The second kappa shape index (κ2) is 14.7. The maximum atomic E-state index is 14.4. The third-order valence-electron chi connectivity index (χ3n) is 9.24. The van der Waals surface area contributed by atoms with E-state index in [1.54, 1.807) is 22.0 Å². The molecular weight excluding hydrogens is 574 g/mol. The van der Waals surface area contributed by atoms with Crippen molar-refractivity contribution in [2.75, 3.05) is 26.2 Å². The summed E-state index contributed by atoms with van der Waals surface area (Å²) in [7, 11) is 0. The Hall–Kier alpha value is -3.50. The molecular formula is C35H49N3O7. The summed E-state index contributed by atoms with van der Waals surface area (Å²) in [6, 6.07) is 8.30. The van der Waals surface area contributed by atoms with Gasteiger partial charge in [0.1, 0.15) is 17.7 Å². The van der Waals surface area contributed by atoms with Gasteiger partial charge in [-0.05, 0) is 64.9 Å². The number of fused-ring (bicyclic) bond motifs is 1. The molecule has 246 valence electrons. The summed E-state index contributed by atoms with van der Waals surface area (Å²) in [5.74, 6) is -2.99. The summed E-state index contributed by atoms with van der Waals surface area (Å²) in [4.78, 5) is 58.5. The van der Waals surface area contributed by atoms with E-state index in [-0.39, 0.29) is 37.3 Å². The molecule has 1 spiro atoms. The molecule has 6 atom stereocenters. The zero-order valence-electron chi connectivity index (χ0n) is 26.9. The van der Waals surface area contributed by atoms with Crippen LogP contribution in [0.1, 0.15) is 77.4 Å². The number of nitrogens with one attached hydrogen (secondary N) is 1. The van der Waals surface area contributed by atoms with Crippen molar-refractivity contribution < 1.29 is 33.8 Å². The van der Waals surface area contributed by atoms with Gasteiger partial charge in [-0.2, -0.15) is 0 Å². The van der Waals surface area contributed by atoms with Crippen LogP contribution in [-0.2, 0) is 28.7 Å². The molecule has 0 aromatic heterocycles. The number of esters is 1. The first kappa shape index (κ1) is 34.4. The summed E-state index contributed by atoms with van der Waals surface area (Å²) in [6.07, 6.45) is 5.73. The molecule has 2 bridgehead atoms. The minimum atomic E-state index is -1.15. The average molecular weight is 624 g/mol. The van der Waals surface area contributed by atoms with Gasteiger partial charge in [-0.1, -0.05) is 42.5 Å². The number of hydrogen-bond donors (Lipinski definition) is 2. The number of hydrogen-bond acceptors (Lipinski definition) is 7.